The van der Waals surface area contributed by atoms with Crippen LogP contribution in [0.4, 0.5) is 0 Å². The fourth-order valence-corrected chi connectivity index (χ4v) is 6.31. The van der Waals surface area contributed by atoms with Gasteiger partial charge in [0.05, 0.1) is 0 Å². The van der Waals surface area contributed by atoms with E-state index in [1.807, 2.05) is 0 Å². The molecule has 0 aliphatic rings. The number of hydrogen-bond donors (Lipinski definition) is 6. The summed E-state index contributed by atoms with van der Waals surface area (Å²) in [5.41, 5.74) is 1.18. The maximum atomic E-state index is 9.97. The molecule has 0 amide bonds. The Morgan fingerprint density at radius 2 is 0.952 bits per heavy atom. The zero-order valence-electron chi connectivity index (χ0n) is 11.3. The molecule has 6 N–H and O–H groups in total. The van der Waals surface area contributed by atoms with Crippen LogP contribution >= 0.6 is 0 Å². The number of phenols is 6. The van der Waals surface area contributed by atoms with Crippen molar-refractivity contribution in [2.24, 2.45) is 0 Å². The van der Waals surface area contributed by atoms with Gasteiger partial charge in [0.2, 0.25) is 0 Å². The Hall–Kier alpha value is -1.88. The van der Waals surface area contributed by atoms with Crippen LogP contribution < -0.4 is 6.54 Å². The van der Waals surface area contributed by atoms with Gasteiger partial charge in [-0.05, 0) is 0 Å². The first-order valence-electron chi connectivity index (χ1n) is 5.94. The molecule has 111 valence electrons. The molecule has 0 aromatic heterocycles. The van der Waals surface area contributed by atoms with Crippen LogP contribution in [0.15, 0.2) is 12.1 Å². The van der Waals surface area contributed by atoms with Crippen molar-refractivity contribution in [1.29, 1.82) is 0 Å². The minimum absolute atomic E-state index is 0.407. The third-order valence-corrected chi connectivity index (χ3v) is 9.19. The van der Waals surface area contributed by atoms with Crippen molar-refractivity contribution in [1.82, 2.24) is 0 Å². The van der Waals surface area contributed by atoms with Gasteiger partial charge in [0.25, 0.3) is 0 Å². The van der Waals surface area contributed by atoms with Gasteiger partial charge in [0, 0.05) is 0 Å². The molecular weight excluding hydrogens is 473 g/mol. The van der Waals surface area contributed by atoms with E-state index >= 15 is 0 Å². The first kappa shape index (κ1) is 15.5. The molecule has 6 nitrogen and oxygen atoms in total. The Labute approximate surface area is 132 Å². The van der Waals surface area contributed by atoms with Crippen LogP contribution in [0.25, 0.3) is 0 Å². The summed E-state index contributed by atoms with van der Waals surface area (Å²) < 4.78 is 0.961. The van der Waals surface area contributed by atoms with Crippen LogP contribution in [0.2, 0.25) is 0 Å². The van der Waals surface area contributed by atoms with Gasteiger partial charge in [-0.25, -0.2) is 0 Å². The van der Waals surface area contributed by atoms with Gasteiger partial charge in [-0.1, -0.05) is 0 Å². The van der Waals surface area contributed by atoms with Gasteiger partial charge in [0.1, 0.15) is 0 Å². The van der Waals surface area contributed by atoms with Crippen molar-refractivity contribution in [2.75, 3.05) is 0 Å². The van der Waals surface area contributed by atoms with Gasteiger partial charge in [-0.3, -0.25) is 0 Å². The summed E-state index contributed by atoms with van der Waals surface area (Å²) in [7, 11) is 0. The van der Waals surface area contributed by atoms with Gasteiger partial charge in [-0.15, -0.1) is 0 Å². The summed E-state index contributed by atoms with van der Waals surface area (Å²) in [4.78, 5) is 0. The third kappa shape index (κ3) is 2.66. The van der Waals surface area contributed by atoms with Crippen LogP contribution in [0.1, 0.15) is 11.1 Å². The van der Waals surface area contributed by atoms with E-state index < -0.39 is 57.7 Å². The predicted octanol–water partition coefficient (Wildman–Crippen LogP) is 0.192. The molecule has 7 heteroatoms. The van der Waals surface area contributed by atoms with E-state index in [0.29, 0.717) is 17.7 Å². The molecule has 0 unspecified atom stereocenters. The number of rotatable bonds is 2. The Morgan fingerprint density at radius 3 is 1.29 bits per heavy atom. The summed E-state index contributed by atoms with van der Waals surface area (Å²) >= 11 is -1.91. The molecule has 0 aliphatic heterocycles. The molecule has 1 radical (unpaired) electrons. The van der Waals surface area contributed by atoms with E-state index in [2.05, 4.69) is 0 Å². The zero-order chi connectivity index (χ0) is 15.9. The second-order valence-corrected chi connectivity index (χ2v) is 8.97. The van der Waals surface area contributed by atoms with Crippen molar-refractivity contribution in [3.05, 3.63) is 23.3 Å². The van der Waals surface area contributed by atoms with E-state index in [1.54, 1.807) is 13.8 Å². The van der Waals surface area contributed by atoms with E-state index in [0.717, 1.165) is 0 Å². The number of aryl methyl sites for hydroxylation is 2. The SMILES string of the molecule is Cc1cc(O)c(O)c(O)[c]1[Bi][c]1c(C)cc(O)c(O)c1O. The number of benzene rings is 2. The van der Waals surface area contributed by atoms with E-state index in [1.165, 1.54) is 12.1 Å². The van der Waals surface area contributed by atoms with Crippen LogP contribution in [0.5, 0.6) is 34.5 Å². The Balaban J connectivity index is 2.59. The molecule has 21 heavy (non-hydrogen) atoms. The van der Waals surface area contributed by atoms with Crippen LogP contribution in [-0.4, -0.2) is 53.9 Å². The zero-order valence-corrected chi connectivity index (χ0v) is 14.8. The number of aromatic hydroxyl groups is 6. The monoisotopic (exact) mass is 487 g/mol. The Bertz CT molecular complexity index is 665. The average molecular weight is 487 g/mol. The van der Waals surface area contributed by atoms with Crippen molar-refractivity contribution in [2.45, 2.75) is 13.8 Å². The fraction of sp³-hybridized carbons (Fsp3) is 0.143. The minimum atomic E-state index is -1.91. The average Bonchev–Trinajstić information content (AvgIpc) is 2.42. The summed E-state index contributed by atoms with van der Waals surface area (Å²) in [6.07, 6.45) is 0. The molecule has 0 fully saturated rings. The second-order valence-electron chi connectivity index (χ2n) is 4.63. The predicted molar refractivity (Wildman–Crippen MR) is 77.4 cm³/mol. The van der Waals surface area contributed by atoms with Gasteiger partial charge >= 0.3 is 132 Å². The molecule has 0 atom stereocenters. The van der Waals surface area contributed by atoms with Crippen molar-refractivity contribution >= 4 is 29.8 Å². The van der Waals surface area contributed by atoms with E-state index in [-0.39, 0.29) is 0 Å². The van der Waals surface area contributed by atoms with Crippen LogP contribution in [0, 0.1) is 13.8 Å². The molecule has 2 aromatic carbocycles. The topological polar surface area (TPSA) is 121 Å². The van der Waals surface area contributed by atoms with Gasteiger partial charge < -0.3 is 0 Å². The standard InChI is InChI=1S/2C7H7O3.Bi/c2*1-4-2-5(8)7(10)6(9)3-4;/h2*2,8-10H,1H3;. The molecule has 0 heterocycles. The molecule has 0 aliphatic carbocycles. The van der Waals surface area contributed by atoms with Crippen molar-refractivity contribution in [3.8, 4) is 34.5 Å². The molecule has 2 aromatic rings. The summed E-state index contributed by atoms with van der Waals surface area (Å²) in [5.74, 6) is -2.83. The molecule has 0 spiro atoms. The number of hydrogen-bond acceptors (Lipinski definition) is 6. The first-order valence-corrected chi connectivity index (χ1v) is 9.42. The van der Waals surface area contributed by atoms with Crippen LogP contribution in [0.3, 0.4) is 0 Å². The maximum absolute atomic E-state index is 9.97. The molecule has 0 saturated carbocycles. The Kier molecular flexibility index (Phi) is 4.05. The summed E-state index contributed by atoms with van der Waals surface area (Å²) in [5, 5.41) is 58.0. The summed E-state index contributed by atoms with van der Waals surface area (Å²) in [6, 6.07) is 2.67. The third-order valence-electron chi connectivity index (χ3n) is 3.06. The van der Waals surface area contributed by atoms with Crippen molar-refractivity contribution in [3.63, 3.8) is 0 Å². The van der Waals surface area contributed by atoms with E-state index in [4.69, 9.17) is 0 Å². The second kappa shape index (κ2) is 5.49. The molecule has 0 bridgehead atoms. The quantitative estimate of drug-likeness (QED) is 0.266. The molecule has 0 saturated heterocycles. The van der Waals surface area contributed by atoms with Gasteiger partial charge in [0.15, 0.2) is 0 Å². The Morgan fingerprint density at radius 1 is 0.619 bits per heavy atom. The molecular formula is C14H14BiO6. The normalized spacial score (nSPS) is 10.8. The molecule has 2 rings (SSSR count). The summed E-state index contributed by atoms with van der Waals surface area (Å²) in [6.45, 7) is 3.34. The van der Waals surface area contributed by atoms with Crippen molar-refractivity contribution < 1.29 is 30.6 Å². The van der Waals surface area contributed by atoms with E-state index in [9.17, 15) is 30.6 Å². The van der Waals surface area contributed by atoms with Gasteiger partial charge in [-0.2, -0.15) is 0 Å². The van der Waals surface area contributed by atoms with Crippen LogP contribution in [-0.2, 0) is 0 Å². The first-order chi connectivity index (χ1) is 9.73. The fourth-order valence-electron chi connectivity index (χ4n) is 1.92. The number of phenolic OH excluding ortho intramolecular Hbond substituents is 6.